The normalized spacial score (nSPS) is 21.3. The second kappa shape index (κ2) is 6.35. The Morgan fingerprint density at radius 3 is 2.86 bits per heavy atom. The molecule has 1 saturated carbocycles. The van der Waals surface area contributed by atoms with E-state index >= 15 is 0 Å². The number of nitrogens with zero attached hydrogens (tertiary/aromatic N) is 4. The van der Waals surface area contributed by atoms with E-state index in [2.05, 4.69) is 14.7 Å². The molecule has 1 aromatic carbocycles. The van der Waals surface area contributed by atoms with E-state index in [1.165, 1.54) is 29.7 Å². The molecule has 5 rings (SSSR count). The number of aliphatic imine (C=N–C) groups is 1. The number of hydrogen-bond acceptors (Lipinski definition) is 7. The average molecular weight is 434 g/mol. The van der Waals surface area contributed by atoms with Crippen LogP contribution in [0.2, 0.25) is 0 Å². The maximum absolute atomic E-state index is 13.5. The molecule has 1 fully saturated rings. The van der Waals surface area contributed by atoms with Crippen molar-refractivity contribution in [2.45, 2.75) is 43.6 Å². The van der Waals surface area contributed by atoms with Crippen molar-refractivity contribution in [1.82, 2.24) is 14.6 Å². The van der Waals surface area contributed by atoms with E-state index in [1.54, 1.807) is 17.9 Å². The van der Waals surface area contributed by atoms with Crippen molar-refractivity contribution in [2.75, 3.05) is 18.0 Å². The molecule has 0 bridgehead atoms. The average Bonchev–Trinajstić information content (AvgIpc) is 3.09. The summed E-state index contributed by atoms with van der Waals surface area (Å²) in [7, 11) is -3.81. The van der Waals surface area contributed by atoms with Crippen molar-refractivity contribution in [3.63, 3.8) is 0 Å². The molecule has 3 heterocycles. The largest absolute Gasteiger partial charge is 0.310 e. The van der Waals surface area contributed by atoms with E-state index in [0.717, 1.165) is 17.7 Å². The molecule has 1 aliphatic carbocycles. The van der Waals surface area contributed by atoms with E-state index in [-0.39, 0.29) is 21.3 Å². The second-order valence-corrected chi connectivity index (χ2v) is 10.6. The molecule has 1 N–H and O–H groups in total. The molecular formula is C19H21N5O3S2. The van der Waals surface area contributed by atoms with Gasteiger partial charge < -0.3 is 4.90 Å². The van der Waals surface area contributed by atoms with Crippen molar-refractivity contribution in [2.24, 2.45) is 4.99 Å². The first-order valence-corrected chi connectivity index (χ1v) is 11.6. The predicted molar refractivity (Wildman–Crippen MR) is 111 cm³/mol. The van der Waals surface area contributed by atoms with Gasteiger partial charge in [-0.15, -0.1) is 11.3 Å². The summed E-state index contributed by atoms with van der Waals surface area (Å²) in [5.74, 6) is -0.398. The molecular weight excluding hydrogens is 410 g/mol. The lowest BCUT2D eigenvalue weighted by Crippen LogP contribution is -2.49. The fourth-order valence-electron chi connectivity index (χ4n) is 3.45. The SMILES string of the molecule is [2H]C([2H])(c1cnc(C)s1)N1C(=O)c2cc(S(=O)(=O)NC3(C)CC3)ccc2N2CCN=C21. The third-order valence-corrected chi connectivity index (χ3v) is 7.70. The molecule has 2 aromatic rings. The van der Waals surface area contributed by atoms with Crippen LogP contribution in [-0.4, -0.2) is 48.8 Å². The number of amides is 1. The van der Waals surface area contributed by atoms with Crippen molar-refractivity contribution in [3.8, 4) is 0 Å². The third kappa shape index (κ3) is 3.24. The van der Waals surface area contributed by atoms with Gasteiger partial charge in [-0.25, -0.2) is 18.1 Å². The number of fused-ring (bicyclic) bond motifs is 3. The molecule has 0 radical (unpaired) electrons. The van der Waals surface area contributed by atoms with Crippen LogP contribution in [0, 0.1) is 6.92 Å². The van der Waals surface area contributed by atoms with Crippen LogP contribution in [0.3, 0.4) is 0 Å². The molecule has 1 amide bonds. The van der Waals surface area contributed by atoms with Gasteiger partial charge in [0.15, 0.2) is 0 Å². The van der Waals surface area contributed by atoms with Crippen molar-refractivity contribution in [1.29, 1.82) is 0 Å². The first-order valence-electron chi connectivity index (χ1n) is 10.3. The topological polar surface area (TPSA) is 95.0 Å². The highest BCUT2D eigenvalue weighted by atomic mass is 32.2. The summed E-state index contributed by atoms with van der Waals surface area (Å²) < 4.78 is 45.8. The van der Waals surface area contributed by atoms with Gasteiger partial charge in [0, 0.05) is 23.2 Å². The zero-order valence-corrected chi connectivity index (χ0v) is 17.6. The van der Waals surface area contributed by atoms with Gasteiger partial charge in [-0.2, -0.15) is 0 Å². The number of nitrogens with one attached hydrogen (secondary N) is 1. The number of rotatable bonds is 5. The van der Waals surface area contributed by atoms with E-state index in [1.807, 2.05) is 6.92 Å². The standard InChI is InChI=1S/C19H21N5O3S2/c1-12-21-10-13(28-12)11-24-17(25)15-9-14(29(26,27)22-19(2)5-6-19)3-4-16(15)23-8-7-20-18(23)24/h3-4,9-10,22H,5-8,11H2,1-2H3/i11D2. The van der Waals surface area contributed by atoms with E-state index in [0.29, 0.717) is 23.8 Å². The third-order valence-electron chi connectivity index (χ3n) is 5.24. The summed E-state index contributed by atoms with van der Waals surface area (Å²) in [5.41, 5.74) is 0.223. The molecule has 8 nitrogen and oxygen atoms in total. The molecule has 152 valence electrons. The number of anilines is 1. The van der Waals surface area contributed by atoms with E-state index in [4.69, 9.17) is 2.74 Å². The zero-order chi connectivity index (χ0) is 22.2. The molecule has 3 aliphatic rings. The molecule has 0 atom stereocenters. The van der Waals surface area contributed by atoms with Crippen LogP contribution in [0.15, 0.2) is 34.3 Å². The predicted octanol–water partition coefficient (Wildman–Crippen LogP) is 2.11. The quantitative estimate of drug-likeness (QED) is 0.779. The summed E-state index contributed by atoms with van der Waals surface area (Å²) in [6.07, 6.45) is 2.96. The second-order valence-electron chi connectivity index (χ2n) is 7.67. The van der Waals surface area contributed by atoms with Crippen LogP contribution >= 0.6 is 11.3 Å². The zero-order valence-electron chi connectivity index (χ0n) is 18.0. The van der Waals surface area contributed by atoms with Crippen molar-refractivity contribution >= 4 is 38.9 Å². The number of hydrogen-bond donors (Lipinski definition) is 1. The fourth-order valence-corrected chi connectivity index (χ4v) is 5.61. The minimum absolute atomic E-state index is 0.0125. The highest BCUT2D eigenvalue weighted by Gasteiger charge is 2.42. The Morgan fingerprint density at radius 1 is 1.38 bits per heavy atom. The van der Waals surface area contributed by atoms with Crippen LogP contribution in [0.1, 0.15) is 42.7 Å². The van der Waals surface area contributed by atoms with Crippen molar-refractivity contribution in [3.05, 3.63) is 39.8 Å². The first kappa shape index (κ1) is 16.5. The summed E-state index contributed by atoms with van der Waals surface area (Å²) in [6, 6.07) is 4.41. The van der Waals surface area contributed by atoms with Gasteiger partial charge in [0.2, 0.25) is 16.0 Å². The van der Waals surface area contributed by atoms with E-state index in [9.17, 15) is 13.2 Å². The first-order chi connectivity index (χ1) is 14.5. The number of thiazole rings is 1. The molecule has 2 aliphatic heterocycles. The van der Waals surface area contributed by atoms with Crippen LogP contribution < -0.4 is 9.62 Å². The Bertz CT molecular complexity index is 1240. The fraction of sp³-hybridized carbons (Fsp3) is 0.421. The Morgan fingerprint density at radius 2 is 2.17 bits per heavy atom. The molecule has 0 spiro atoms. The molecule has 0 unspecified atom stereocenters. The van der Waals surface area contributed by atoms with Gasteiger partial charge in [-0.3, -0.25) is 14.7 Å². The summed E-state index contributed by atoms with van der Waals surface area (Å²) in [4.78, 5) is 25.0. The highest BCUT2D eigenvalue weighted by molar-refractivity contribution is 7.89. The minimum atomic E-state index is -3.81. The maximum atomic E-state index is 13.5. The number of benzene rings is 1. The van der Waals surface area contributed by atoms with Gasteiger partial charge in [0.05, 0.1) is 36.9 Å². The lowest BCUT2D eigenvalue weighted by molar-refractivity contribution is 0.0834. The van der Waals surface area contributed by atoms with Crippen LogP contribution in [0.4, 0.5) is 5.69 Å². The number of guanidine groups is 1. The number of aryl methyl sites for hydroxylation is 1. The lowest BCUT2D eigenvalue weighted by atomic mass is 10.1. The van der Waals surface area contributed by atoms with Gasteiger partial charge >= 0.3 is 0 Å². The van der Waals surface area contributed by atoms with Gasteiger partial charge in [-0.05, 0) is 44.9 Å². The van der Waals surface area contributed by atoms with Gasteiger partial charge in [0.25, 0.3) is 5.91 Å². The number of sulfonamides is 1. The Kier molecular flexibility index (Phi) is 3.61. The van der Waals surface area contributed by atoms with E-state index < -0.39 is 28.0 Å². The highest BCUT2D eigenvalue weighted by Crippen LogP contribution is 2.37. The van der Waals surface area contributed by atoms with Gasteiger partial charge in [0.1, 0.15) is 0 Å². The Hall–Kier alpha value is -2.30. The molecule has 10 heteroatoms. The smallest absolute Gasteiger partial charge is 0.263 e. The lowest BCUT2D eigenvalue weighted by Gasteiger charge is -2.35. The summed E-state index contributed by atoms with van der Waals surface area (Å²) in [6.45, 7) is 2.31. The van der Waals surface area contributed by atoms with Crippen LogP contribution in [0.25, 0.3) is 0 Å². The number of carbonyl (C=O) groups excluding carboxylic acids is 1. The van der Waals surface area contributed by atoms with Crippen molar-refractivity contribution < 1.29 is 16.0 Å². The minimum Gasteiger partial charge on any atom is -0.310 e. The van der Waals surface area contributed by atoms with Crippen LogP contribution in [0.5, 0.6) is 0 Å². The molecule has 29 heavy (non-hydrogen) atoms. The number of aromatic nitrogens is 1. The maximum Gasteiger partial charge on any atom is 0.263 e. The van der Waals surface area contributed by atoms with Crippen LogP contribution in [-0.2, 0) is 16.5 Å². The molecule has 0 saturated heterocycles. The summed E-state index contributed by atoms with van der Waals surface area (Å²) >= 11 is 1.17. The molecule has 1 aromatic heterocycles. The Balaban J connectivity index is 1.60. The summed E-state index contributed by atoms with van der Waals surface area (Å²) in [5, 5.41) is 0.682. The Labute approximate surface area is 176 Å². The van der Waals surface area contributed by atoms with Gasteiger partial charge in [-0.1, -0.05) is 0 Å². The number of carbonyl (C=O) groups is 1. The monoisotopic (exact) mass is 433 g/mol.